The number of nitrogens with one attached hydrogen (secondary N) is 1. The molecule has 6 heteroatoms. The van der Waals surface area contributed by atoms with Crippen LogP contribution in [0.15, 0.2) is 41.1 Å². The van der Waals surface area contributed by atoms with Gasteiger partial charge >= 0.3 is 6.61 Å². The summed E-state index contributed by atoms with van der Waals surface area (Å²) in [5, 5.41) is 17.5. The smallest absolute Gasteiger partial charge is 0.387 e. The largest absolute Gasteiger partial charge is 0.435 e. The zero-order valence-corrected chi connectivity index (χ0v) is 13.0. The molecule has 2 aromatic rings. The molecule has 0 saturated heterocycles. The van der Waals surface area contributed by atoms with Gasteiger partial charge in [-0.15, -0.1) is 0 Å². The summed E-state index contributed by atoms with van der Waals surface area (Å²) in [7, 11) is 0. The Morgan fingerprint density at radius 2 is 1.95 bits per heavy atom. The highest BCUT2D eigenvalue weighted by atomic mass is 32.1. The number of ether oxygens (including phenoxy) is 1. The molecule has 1 aromatic heterocycles. The van der Waals surface area contributed by atoms with E-state index in [1.807, 2.05) is 5.38 Å². The van der Waals surface area contributed by atoms with Crippen molar-refractivity contribution in [3.05, 3.63) is 52.2 Å². The molecule has 2 atom stereocenters. The molecule has 0 spiro atoms. The molecule has 2 rings (SSSR count). The lowest BCUT2D eigenvalue weighted by Crippen LogP contribution is -2.31. The van der Waals surface area contributed by atoms with Gasteiger partial charge in [0.2, 0.25) is 0 Å². The van der Waals surface area contributed by atoms with Crippen molar-refractivity contribution in [3.8, 4) is 5.75 Å². The predicted molar refractivity (Wildman–Crippen MR) is 83.5 cm³/mol. The number of thiophene rings is 1. The van der Waals surface area contributed by atoms with Crippen molar-refractivity contribution in [1.82, 2.24) is 5.32 Å². The zero-order valence-electron chi connectivity index (χ0n) is 12.2. The summed E-state index contributed by atoms with van der Waals surface area (Å²) in [6.45, 7) is -0.375. The molecule has 0 aliphatic heterocycles. The average molecular weight is 327 g/mol. The minimum Gasteiger partial charge on any atom is -0.435 e. The van der Waals surface area contributed by atoms with E-state index in [1.54, 1.807) is 23.5 Å². The van der Waals surface area contributed by atoms with Gasteiger partial charge in [-0.2, -0.15) is 20.1 Å². The first-order chi connectivity index (χ1) is 10.5. The quantitative estimate of drug-likeness (QED) is 0.778. The Morgan fingerprint density at radius 3 is 2.55 bits per heavy atom. The summed E-state index contributed by atoms with van der Waals surface area (Å²) in [6, 6.07) is 8.37. The van der Waals surface area contributed by atoms with Crippen molar-refractivity contribution in [2.24, 2.45) is 0 Å². The minimum atomic E-state index is -2.84. The van der Waals surface area contributed by atoms with E-state index in [0.717, 1.165) is 6.42 Å². The standard InChI is InChI=1S/C16H19F2NO2S/c1-11(8-12-6-7-22-10-12)19-9-15(20)13-2-4-14(5-3-13)21-16(17)18/h2-7,10-11,15-16,19-20H,8-9H2,1H3. The molecule has 0 saturated carbocycles. The Hall–Kier alpha value is -1.50. The van der Waals surface area contributed by atoms with Crippen molar-refractivity contribution in [1.29, 1.82) is 0 Å². The van der Waals surface area contributed by atoms with E-state index in [-0.39, 0.29) is 11.8 Å². The van der Waals surface area contributed by atoms with Crippen molar-refractivity contribution in [2.75, 3.05) is 6.54 Å². The van der Waals surface area contributed by atoms with Crippen LogP contribution in [0.25, 0.3) is 0 Å². The second-order valence-electron chi connectivity index (χ2n) is 5.11. The van der Waals surface area contributed by atoms with Crippen LogP contribution in [0.4, 0.5) is 8.78 Å². The molecule has 1 heterocycles. The number of benzene rings is 1. The molecule has 0 amide bonds. The molecule has 120 valence electrons. The van der Waals surface area contributed by atoms with Gasteiger partial charge in [0.25, 0.3) is 0 Å². The maximum absolute atomic E-state index is 12.1. The van der Waals surface area contributed by atoms with E-state index in [0.29, 0.717) is 12.1 Å². The highest BCUT2D eigenvalue weighted by molar-refractivity contribution is 7.07. The van der Waals surface area contributed by atoms with Gasteiger partial charge in [0, 0.05) is 12.6 Å². The summed E-state index contributed by atoms with van der Waals surface area (Å²) in [4.78, 5) is 0. The van der Waals surface area contributed by atoms with Gasteiger partial charge in [-0.05, 0) is 53.4 Å². The lowest BCUT2D eigenvalue weighted by atomic mass is 10.1. The number of hydrogen-bond donors (Lipinski definition) is 2. The highest BCUT2D eigenvalue weighted by Gasteiger charge is 2.11. The maximum atomic E-state index is 12.1. The first kappa shape index (κ1) is 16.9. The third kappa shape index (κ3) is 5.36. The van der Waals surface area contributed by atoms with E-state index in [4.69, 9.17) is 0 Å². The van der Waals surface area contributed by atoms with Crippen molar-refractivity contribution in [2.45, 2.75) is 32.1 Å². The van der Waals surface area contributed by atoms with Crippen LogP contribution in [0.2, 0.25) is 0 Å². The number of alkyl halides is 2. The van der Waals surface area contributed by atoms with Crippen LogP contribution in [0.5, 0.6) is 5.75 Å². The number of aliphatic hydroxyl groups is 1. The monoisotopic (exact) mass is 327 g/mol. The molecule has 1 aromatic carbocycles. The number of aliphatic hydroxyl groups excluding tert-OH is 1. The van der Waals surface area contributed by atoms with Gasteiger partial charge in [-0.1, -0.05) is 12.1 Å². The first-order valence-electron chi connectivity index (χ1n) is 7.02. The Kier molecular flexibility index (Phi) is 6.30. The fraction of sp³-hybridized carbons (Fsp3) is 0.375. The predicted octanol–water partition coefficient (Wildman–Crippen LogP) is 3.60. The van der Waals surface area contributed by atoms with Gasteiger partial charge in [0.15, 0.2) is 0 Å². The first-order valence-corrected chi connectivity index (χ1v) is 7.96. The van der Waals surface area contributed by atoms with Gasteiger partial charge in [-0.25, -0.2) is 0 Å². The molecule has 0 aliphatic rings. The van der Waals surface area contributed by atoms with Crippen molar-refractivity contribution >= 4 is 11.3 Å². The van der Waals surface area contributed by atoms with Crippen LogP contribution < -0.4 is 10.1 Å². The van der Waals surface area contributed by atoms with E-state index in [2.05, 4.69) is 28.4 Å². The van der Waals surface area contributed by atoms with Crippen LogP contribution >= 0.6 is 11.3 Å². The SMILES string of the molecule is CC(Cc1ccsc1)NCC(O)c1ccc(OC(F)F)cc1. The molecule has 0 aliphatic carbocycles. The van der Waals surface area contributed by atoms with Crippen LogP contribution in [-0.2, 0) is 6.42 Å². The van der Waals surface area contributed by atoms with Crippen LogP contribution in [0, 0.1) is 0 Å². The molecule has 0 bridgehead atoms. The molecular formula is C16H19F2NO2S. The summed E-state index contributed by atoms with van der Waals surface area (Å²) in [5.74, 6) is 0.0877. The van der Waals surface area contributed by atoms with Crippen molar-refractivity contribution < 1.29 is 18.6 Å². The Morgan fingerprint density at radius 1 is 1.23 bits per heavy atom. The average Bonchev–Trinajstić information content (AvgIpc) is 2.98. The molecule has 0 fully saturated rings. The third-order valence-corrected chi connectivity index (χ3v) is 4.00. The molecule has 0 radical (unpaired) electrons. The summed E-state index contributed by atoms with van der Waals surface area (Å²) in [6.07, 6.45) is 0.211. The van der Waals surface area contributed by atoms with Crippen LogP contribution in [-0.4, -0.2) is 24.3 Å². The van der Waals surface area contributed by atoms with E-state index in [9.17, 15) is 13.9 Å². The Labute approximate surface area is 132 Å². The Bertz CT molecular complexity index is 546. The fourth-order valence-electron chi connectivity index (χ4n) is 2.14. The number of hydrogen-bond acceptors (Lipinski definition) is 4. The lowest BCUT2D eigenvalue weighted by Gasteiger charge is -2.17. The maximum Gasteiger partial charge on any atom is 0.387 e. The summed E-state index contributed by atoms with van der Waals surface area (Å²) >= 11 is 1.67. The van der Waals surface area contributed by atoms with Crippen LogP contribution in [0.3, 0.4) is 0 Å². The summed E-state index contributed by atoms with van der Waals surface area (Å²) in [5.41, 5.74) is 1.94. The third-order valence-electron chi connectivity index (χ3n) is 3.27. The molecule has 2 unspecified atom stereocenters. The number of rotatable bonds is 8. The van der Waals surface area contributed by atoms with Gasteiger partial charge in [0.05, 0.1) is 6.10 Å². The molecular weight excluding hydrogens is 308 g/mol. The lowest BCUT2D eigenvalue weighted by molar-refractivity contribution is -0.0498. The van der Waals surface area contributed by atoms with E-state index >= 15 is 0 Å². The molecule has 3 nitrogen and oxygen atoms in total. The minimum absolute atomic E-state index is 0.0877. The molecule has 2 N–H and O–H groups in total. The second-order valence-corrected chi connectivity index (χ2v) is 5.89. The van der Waals surface area contributed by atoms with Crippen LogP contribution in [0.1, 0.15) is 24.2 Å². The van der Waals surface area contributed by atoms with E-state index < -0.39 is 12.7 Å². The normalized spacial score (nSPS) is 14.0. The van der Waals surface area contributed by atoms with E-state index in [1.165, 1.54) is 17.7 Å². The summed E-state index contributed by atoms with van der Waals surface area (Å²) < 4.78 is 28.4. The number of halogens is 2. The van der Waals surface area contributed by atoms with Gasteiger partial charge in [0.1, 0.15) is 5.75 Å². The second kappa shape index (κ2) is 8.22. The zero-order chi connectivity index (χ0) is 15.9. The highest BCUT2D eigenvalue weighted by Crippen LogP contribution is 2.19. The molecule has 22 heavy (non-hydrogen) atoms. The Balaban J connectivity index is 1.80. The fourth-order valence-corrected chi connectivity index (χ4v) is 2.82. The topological polar surface area (TPSA) is 41.5 Å². The van der Waals surface area contributed by atoms with Gasteiger partial charge < -0.3 is 15.2 Å². The van der Waals surface area contributed by atoms with Crippen molar-refractivity contribution in [3.63, 3.8) is 0 Å². The van der Waals surface area contributed by atoms with Gasteiger partial charge in [-0.3, -0.25) is 0 Å².